The van der Waals surface area contributed by atoms with E-state index in [0.717, 1.165) is 17.9 Å². The summed E-state index contributed by atoms with van der Waals surface area (Å²) in [5.74, 6) is 1.73. The van der Waals surface area contributed by atoms with Gasteiger partial charge < -0.3 is 5.32 Å². The quantitative estimate of drug-likeness (QED) is 0.680. The summed E-state index contributed by atoms with van der Waals surface area (Å²) in [4.78, 5) is 0. The van der Waals surface area contributed by atoms with Crippen LogP contribution in [0.1, 0.15) is 53.4 Å². The van der Waals surface area contributed by atoms with E-state index in [1.807, 2.05) is 5.57 Å². The van der Waals surface area contributed by atoms with Crippen molar-refractivity contribution in [2.75, 3.05) is 0 Å². The number of hydrogen-bond donors (Lipinski definition) is 1. The van der Waals surface area contributed by atoms with Crippen LogP contribution in [0.5, 0.6) is 0 Å². The third-order valence-electron chi connectivity index (χ3n) is 4.00. The van der Waals surface area contributed by atoms with Crippen molar-refractivity contribution in [2.24, 2.45) is 11.8 Å². The van der Waals surface area contributed by atoms with E-state index in [1.165, 1.54) is 25.7 Å². The zero-order valence-corrected chi connectivity index (χ0v) is 10.6. The fourth-order valence-corrected chi connectivity index (χ4v) is 2.41. The van der Waals surface area contributed by atoms with Crippen molar-refractivity contribution in [3.05, 3.63) is 11.1 Å². The molecule has 2 aliphatic carbocycles. The summed E-state index contributed by atoms with van der Waals surface area (Å²) in [6.07, 6.45) is 5.53. The monoisotopic (exact) mass is 207 g/mol. The van der Waals surface area contributed by atoms with Crippen LogP contribution in [0.2, 0.25) is 0 Å². The van der Waals surface area contributed by atoms with Crippen LogP contribution < -0.4 is 5.32 Å². The molecule has 2 aliphatic rings. The molecule has 2 saturated carbocycles. The lowest BCUT2D eigenvalue weighted by Gasteiger charge is -2.16. The molecule has 2 fully saturated rings. The maximum Gasteiger partial charge on any atom is 0.0323 e. The fraction of sp³-hybridized carbons (Fsp3) is 0.857. The molecule has 0 aromatic carbocycles. The van der Waals surface area contributed by atoms with E-state index < -0.39 is 0 Å². The summed E-state index contributed by atoms with van der Waals surface area (Å²) in [5, 5.41) is 3.73. The summed E-state index contributed by atoms with van der Waals surface area (Å²) in [6.45, 7) is 9.19. The number of allylic oxidation sites excluding steroid dienone is 1. The molecule has 0 radical (unpaired) electrons. The highest BCUT2D eigenvalue weighted by molar-refractivity contribution is 5.43. The second-order valence-electron chi connectivity index (χ2n) is 5.70. The Morgan fingerprint density at radius 3 is 2.53 bits per heavy atom. The zero-order valence-electron chi connectivity index (χ0n) is 10.6. The lowest BCUT2D eigenvalue weighted by molar-refractivity contribution is 0.429. The maximum absolute atomic E-state index is 3.73. The first kappa shape index (κ1) is 11.2. The minimum absolute atomic E-state index is 0.663. The Hall–Kier alpha value is -0.300. The SMILES string of the molecule is CCCC1C/C1=C1\CC1NC(C)C(C)C. The first-order chi connectivity index (χ1) is 7.13. The van der Waals surface area contributed by atoms with E-state index >= 15 is 0 Å². The van der Waals surface area contributed by atoms with Crippen LogP contribution in [0.4, 0.5) is 0 Å². The Bertz CT molecular complexity index is 265. The van der Waals surface area contributed by atoms with Crippen LogP contribution in [-0.4, -0.2) is 12.1 Å². The minimum Gasteiger partial charge on any atom is -0.307 e. The van der Waals surface area contributed by atoms with Crippen molar-refractivity contribution < 1.29 is 0 Å². The van der Waals surface area contributed by atoms with Crippen LogP contribution in [0.3, 0.4) is 0 Å². The Morgan fingerprint density at radius 1 is 1.20 bits per heavy atom. The van der Waals surface area contributed by atoms with Gasteiger partial charge in [-0.25, -0.2) is 0 Å². The maximum atomic E-state index is 3.73. The van der Waals surface area contributed by atoms with Gasteiger partial charge in [-0.15, -0.1) is 0 Å². The standard InChI is InChI=1S/C14H25N/c1-5-6-11-7-12(11)13-8-14(13)15-10(4)9(2)3/h9-11,14-15H,5-8H2,1-4H3/b13-12-. The van der Waals surface area contributed by atoms with E-state index in [4.69, 9.17) is 0 Å². The molecular formula is C14H25N. The molecule has 0 aliphatic heterocycles. The van der Waals surface area contributed by atoms with Gasteiger partial charge >= 0.3 is 0 Å². The molecule has 2 rings (SSSR count). The van der Waals surface area contributed by atoms with Gasteiger partial charge in [-0.3, -0.25) is 0 Å². The Labute approximate surface area is 94.3 Å². The average molecular weight is 207 g/mol. The lowest BCUT2D eigenvalue weighted by Crippen LogP contribution is -2.32. The summed E-state index contributed by atoms with van der Waals surface area (Å²) in [7, 11) is 0. The van der Waals surface area contributed by atoms with Gasteiger partial charge in [-0.05, 0) is 38.0 Å². The van der Waals surface area contributed by atoms with Crippen LogP contribution >= 0.6 is 0 Å². The molecule has 0 amide bonds. The Balaban J connectivity index is 1.77. The first-order valence-corrected chi connectivity index (χ1v) is 6.61. The van der Waals surface area contributed by atoms with Crippen molar-refractivity contribution in [3.63, 3.8) is 0 Å². The molecule has 0 spiro atoms. The first-order valence-electron chi connectivity index (χ1n) is 6.61. The van der Waals surface area contributed by atoms with E-state index in [9.17, 15) is 0 Å². The van der Waals surface area contributed by atoms with Gasteiger partial charge in [0.05, 0.1) is 0 Å². The molecule has 3 atom stereocenters. The topological polar surface area (TPSA) is 12.0 Å². The molecule has 0 aromatic rings. The van der Waals surface area contributed by atoms with Crippen molar-refractivity contribution >= 4 is 0 Å². The second-order valence-corrected chi connectivity index (χ2v) is 5.70. The van der Waals surface area contributed by atoms with E-state index in [1.54, 1.807) is 5.57 Å². The number of hydrogen-bond acceptors (Lipinski definition) is 1. The van der Waals surface area contributed by atoms with Gasteiger partial charge in [0, 0.05) is 12.1 Å². The number of nitrogens with one attached hydrogen (secondary N) is 1. The van der Waals surface area contributed by atoms with Crippen molar-refractivity contribution in [1.29, 1.82) is 0 Å². The third kappa shape index (κ3) is 2.63. The summed E-state index contributed by atoms with van der Waals surface area (Å²) in [5.41, 5.74) is 3.58. The molecule has 1 N–H and O–H groups in total. The molecule has 0 saturated heterocycles. The molecular weight excluding hydrogens is 182 g/mol. The van der Waals surface area contributed by atoms with Gasteiger partial charge in [0.2, 0.25) is 0 Å². The van der Waals surface area contributed by atoms with Crippen molar-refractivity contribution in [2.45, 2.75) is 65.5 Å². The van der Waals surface area contributed by atoms with Crippen LogP contribution in [0.25, 0.3) is 0 Å². The molecule has 0 bridgehead atoms. The molecule has 0 aromatic heterocycles. The smallest absolute Gasteiger partial charge is 0.0323 e. The molecule has 15 heavy (non-hydrogen) atoms. The molecule has 1 heteroatoms. The Morgan fingerprint density at radius 2 is 1.93 bits per heavy atom. The third-order valence-corrected chi connectivity index (χ3v) is 4.00. The van der Waals surface area contributed by atoms with Gasteiger partial charge in [-0.1, -0.05) is 38.3 Å². The fourth-order valence-electron chi connectivity index (χ4n) is 2.41. The van der Waals surface area contributed by atoms with E-state index in [0.29, 0.717) is 6.04 Å². The predicted molar refractivity (Wildman–Crippen MR) is 65.9 cm³/mol. The Kier molecular flexibility index (Phi) is 3.20. The average Bonchev–Trinajstić information content (AvgIpc) is 3.01. The highest BCUT2D eigenvalue weighted by Gasteiger charge is 2.41. The normalized spacial score (nSPS) is 35.8. The summed E-state index contributed by atoms with van der Waals surface area (Å²) < 4.78 is 0. The zero-order chi connectivity index (χ0) is 11.0. The predicted octanol–water partition coefficient (Wildman–Crippen LogP) is 3.51. The highest BCUT2D eigenvalue weighted by Crippen LogP contribution is 2.50. The second kappa shape index (κ2) is 4.29. The van der Waals surface area contributed by atoms with Gasteiger partial charge in [-0.2, -0.15) is 0 Å². The molecule has 86 valence electrons. The molecule has 3 unspecified atom stereocenters. The summed E-state index contributed by atoms with van der Waals surface area (Å²) >= 11 is 0. The van der Waals surface area contributed by atoms with E-state index in [-0.39, 0.29) is 0 Å². The largest absolute Gasteiger partial charge is 0.307 e. The van der Waals surface area contributed by atoms with Gasteiger partial charge in [0.1, 0.15) is 0 Å². The summed E-state index contributed by atoms with van der Waals surface area (Å²) in [6, 6.07) is 1.41. The number of rotatable bonds is 5. The van der Waals surface area contributed by atoms with Crippen LogP contribution in [0.15, 0.2) is 11.1 Å². The van der Waals surface area contributed by atoms with Crippen LogP contribution in [-0.2, 0) is 0 Å². The van der Waals surface area contributed by atoms with Crippen molar-refractivity contribution in [3.8, 4) is 0 Å². The minimum atomic E-state index is 0.663. The van der Waals surface area contributed by atoms with Crippen molar-refractivity contribution in [1.82, 2.24) is 5.32 Å². The lowest BCUT2D eigenvalue weighted by atomic mass is 10.1. The molecule has 0 heterocycles. The van der Waals surface area contributed by atoms with Crippen LogP contribution in [0, 0.1) is 11.8 Å². The highest BCUT2D eigenvalue weighted by atomic mass is 15.0. The molecule has 1 nitrogen and oxygen atoms in total. The van der Waals surface area contributed by atoms with Gasteiger partial charge in [0.25, 0.3) is 0 Å². The van der Waals surface area contributed by atoms with Gasteiger partial charge in [0.15, 0.2) is 0 Å². The van der Waals surface area contributed by atoms with E-state index in [2.05, 4.69) is 33.0 Å².